The summed E-state index contributed by atoms with van der Waals surface area (Å²) in [6, 6.07) is 14.8. The van der Waals surface area contributed by atoms with Gasteiger partial charge in [-0.3, -0.25) is 14.9 Å². The highest BCUT2D eigenvalue weighted by atomic mass is 16.6. The maximum Gasteiger partial charge on any atom is 0.337 e. The summed E-state index contributed by atoms with van der Waals surface area (Å²) in [5.74, 6) is -2.28. The third-order valence-electron chi connectivity index (χ3n) is 6.82. The molecule has 2 aliphatic rings. The van der Waals surface area contributed by atoms with Gasteiger partial charge < -0.3 is 19.7 Å². The number of nitrogens with zero attached hydrogens (tertiary/aromatic N) is 2. The Hall–Kier alpha value is -4.47. The van der Waals surface area contributed by atoms with Crippen molar-refractivity contribution in [2.45, 2.75) is 38.7 Å². The van der Waals surface area contributed by atoms with Gasteiger partial charge in [0.25, 0.3) is 11.6 Å². The molecule has 38 heavy (non-hydrogen) atoms. The molecule has 2 aliphatic heterocycles. The Kier molecular flexibility index (Phi) is 7.90. The van der Waals surface area contributed by atoms with Crippen molar-refractivity contribution in [3.05, 3.63) is 98.4 Å². The minimum Gasteiger partial charge on any atom is -0.466 e. The summed E-state index contributed by atoms with van der Waals surface area (Å²) < 4.78 is 10.9. The van der Waals surface area contributed by atoms with E-state index in [1.165, 1.54) is 25.3 Å². The molecule has 0 aromatic heterocycles. The van der Waals surface area contributed by atoms with Crippen LogP contribution in [-0.2, 0) is 19.1 Å². The van der Waals surface area contributed by atoms with Crippen molar-refractivity contribution in [3.8, 4) is 0 Å². The summed E-state index contributed by atoms with van der Waals surface area (Å²) >= 11 is 0. The van der Waals surface area contributed by atoms with Crippen LogP contribution in [-0.4, -0.2) is 54.0 Å². The number of dihydropyridines is 1. The number of methoxy groups -OCH3 is 1. The van der Waals surface area contributed by atoms with Crippen molar-refractivity contribution in [1.82, 2.24) is 10.2 Å². The second-order valence-electron chi connectivity index (χ2n) is 9.24. The second kappa shape index (κ2) is 11.3. The van der Waals surface area contributed by atoms with Crippen molar-refractivity contribution in [1.29, 1.82) is 0 Å². The zero-order valence-corrected chi connectivity index (χ0v) is 21.4. The van der Waals surface area contributed by atoms with Crippen molar-refractivity contribution in [2.75, 3.05) is 20.2 Å². The molecule has 0 bridgehead atoms. The molecule has 0 aliphatic carbocycles. The normalized spacial score (nSPS) is 18.1. The lowest BCUT2D eigenvalue weighted by Gasteiger charge is -2.34. The van der Waals surface area contributed by atoms with E-state index in [0.717, 1.165) is 0 Å². The number of carbonyl (C=O) groups excluding carboxylic acids is 3. The van der Waals surface area contributed by atoms with Crippen LogP contribution >= 0.6 is 0 Å². The van der Waals surface area contributed by atoms with Gasteiger partial charge in [-0.15, -0.1) is 0 Å². The molecule has 1 amide bonds. The summed E-state index contributed by atoms with van der Waals surface area (Å²) in [5, 5.41) is 14.5. The molecule has 2 heterocycles. The number of esters is 2. The Bertz CT molecular complexity index is 1320. The lowest BCUT2D eigenvalue weighted by molar-refractivity contribution is -0.384. The monoisotopic (exact) mass is 519 g/mol. The van der Waals surface area contributed by atoms with Gasteiger partial charge in [-0.1, -0.05) is 30.3 Å². The fourth-order valence-corrected chi connectivity index (χ4v) is 4.95. The van der Waals surface area contributed by atoms with E-state index in [2.05, 4.69) is 5.32 Å². The minimum absolute atomic E-state index is 0.0699. The largest absolute Gasteiger partial charge is 0.466 e. The van der Waals surface area contributed by atoms with Crippen LogP contribution in [0.4, 0.5) is 5.69 Å². The van der Waals surface area contributed by atoms with E-state index < -0.39 is 28.9 Å². The highest BCUT2D eigenvalue weighted by Gasteiger charge is 2.39. The number of amides is 1. The molecule has 0 radical (unpaired) electrons. The van der Waals surface area contributed by atoms with Crippen LogP contribution in [0, 0.1) is 10.1 Å². The molecule has 1 saturated heterocycles. The van der Waals surface area contributed by atoms with Gasteiger partial charge in [0, 0.05) is 55.0 Å². The number of hydrogen-bond donors (Lipinski definition) is 1. The number of nitro groups is 1. The number of ether oxygens (including phenoxy) is 2. The van der Waals surface area contributed by atoms with Gasteiger partial charge in [0.2, 0.25) is 0 Å². The smallest absolute Gasteiger partial charge is 0.337 e. The Morgan fingerprint density at radius 1 is 0.947 bits per heavy atom. The van der Waals surface area contributed by atoms with Gasteiger partial charge in [0.1, 0.15) is 6.10 Å². The van der Waals surface area contributed by atoms with Gasteiger partial charge in [-0.25, -0.2) is 9.59 Å². The van der Waals surface area contributed by atoms with Gasteiger partial charge in [-0.2, -0.15) is 0 Å². The Morgan fingerprint density at radius 3 is 2.18 bits per heavy atom. The zero-order valence-electron chi connectivity index (χ0n) is 21.4. The SMILES string of the molecule is COC(=O)C1=C(C)NC(C)=C(C(=O)OC2CCN(C(=O)c3ccccc3)CC2)C1c1cccc([N+](=O)[O-])c1. The molecule has 0 spiro atoms. The van der Waals surface area contributed by atoms with Crippen LogP contribution in [0.5, 0.6) is 0 Å². The zero-order chi connectivity index (χ0) is 27.4. The maximum absolute atomic E-state index is 13.6. The fourth-order valence-electron chi connectivity index (χ4n) is 4.95. The van der Waals surface area contributed by atoms with Crippen LogP contribution in [0.1, 0.15) is 48.5 Å². The fraction of sp³-hybridized carbons (Fsp3) is 0.321. The Morgan fingerprint density at radius 2 is 1.58 bits per heavy atom. The van der Waals surface area contributed by atoms with E-state index >= 15 is 0 Å². The Balaban J connectivity index is 1.56. The number of likely N-dealkylation sites (tertiary alicyclic amines) is 1. The topological polar surface area (TPSA) is 128 Å². The highest BCUT2D eigenvalue weighted by Crippen LogP contribution is 2.40. The van der Waals surface area contributed by atoms with Crippen LogP contribution in [0.2, 0.25) is 0 Å². The first-order valence-corrected chi connectivity index (χ1v) is 12.3. The van der Waals surface area contributed by atoms with Crippen LogP contribution in [0.3, 0.4) is 0 Å². The van der Waals surface area contributed by atoms with Crippen LogP contribution in [0.15, 0.2) is 77.1 Å². The molecule has 198 valence electrons. The first kappa shape index (κ1) is 26.6. The van der Waals surface area contributed by atoms with Gasteiger partial charge in [-0.05, 0) is 31.5 Å². The predicted molar refractivity (Wildman–Crippen MR) is 138 cm³/mol. The number of nitro benzene ring substituents is 1. The summed E-state index contributed by atoms with van der Waals surface area (Å²) in [7, 11) is 1.24. The maximum atomic E-state index is 13.6. The summed E-state index contributed by atoms with van der Waals surface area (Å²) in [6.45, 7) is 4.24. The molecular formula is C28H29N3O7. The summed E-state index contributed by atoms with van der Waals surface area (Å²) in [4.78, 5) is 51.8. The Labute approximate surface area is 220 Å². The van der Waals surface area contributed by atoms with E-state index in [0.29, 0.717) is 48.5 Å². The number of allylic oxidation sites excluding steroid dienone is 2. The number of nitrogens with one attached hydrogen (secondary N) is 1. The highest BCUT2D eigenvalue weighted by molar-refractivity contribution is 6.00. The molecule has 10 nitrogen and oxygen atoms in total. The minimum atomic E-state index is -0.921. The number of non-ortho nitro benzene ring substituents is 1. The van der Waals surface area contributed by atoms with Gasteiger partial charge in [0.05, 0.1) is 29.1 Å². The number of benzene rings is 2. The number of carbonyl (C=O) groups is 3. The summed E-state index contributed by atoms with van der Waals surface area (Å²) in [5.41, 5.74) is 2.16. The predicted octanol–water partition coefficient (Wildman–Crippen LogP) is 3.85. The van der Waals surface area contributed by atoms with Crippen molar-refractivity contribution in [3.63, 3.8) is 0 Å². The average Bonchev–Trinajstić information content (AvgIpc) is 2.92. The van der Waals surface area contributed by atoms with Crippen molar-refractivity contribution in [2.24, 2.45) is 0 Å². The van der Waals surface area contributed by atoms with Crippen molar-refractivity contribution >= 4 is 23.5 Å². The lowest BCUT2D eigenvalue weighted by Crippen LogP contribution is -2.42. The molecule has 0 saturated carbocycles. The van der Waals surface area contributed by atoms with E-state index in [1.54, 1.807) is 36.9 Å². The average molecular weight is 520 g/mol. The van der Waals surface area contributed by atoms with Gasteiger partial charge >= 0.3 is 11.9 Å². The lowest BCUT2D eigenvalue weighted by atomic mass is 9.80. The molecule has 10 heteroatoms. The molecular weight excluding hydrogens is 490 g/mol. The molecule has 1 unspecified atom stereocenters. The molecule has 1 fully saturated rings. The number of hydrogen-bond acceptors (Lipinski definition) is 8. The number of piperidine rings is 1. The third-order valence-corrected chi connectivity index (χ3v) is 6.82. The van der Waals surface area contributed by atoms with E-state index in [1.807, 2.05) is 18.2 Å². The third kappa shape index (κ3) is 5.44. The molecule has 2 aromatic carbocycles. The van der Waals surface area contributed by atoms with Crippen LogP contribution < -0.4 is 5.32 Å². The van der Waals surface area contributed by atoms with Gasteiger partial charge in [0.15, 0.2) is 0 Å². The first-order valence-electron chi connectivity index (χ1n) is 12.3. The van der Waals surface area contributed by atoms with E-state index in [9.17, 15) is 24.5 Å². The van der Waals surface area contributed by atoms with Crippen molar-refractivity contribution < 1.29 is 28.8 Å². The van der Waals surface area contributed by atoms with E-state index in [4.69, 9.17) is 9.47 Å². The van der Waals surface area contributed by atoms with Crippen LogP contribution in [0.25, 0.3) is 0 Å². The first-order chi connectivity index (χ1) is 18.2. The molecule has 2 aromatic rings. The quantitative estimate of drug-likeness (QED) is 0.346. The molecule has 1 N–H and O–H groups in total. The van der Waals surface area contributed by atoms with E-state index in [-0.39, 0.29) is 22.7 Å². The standard InChI is InChI=1S/C28H29N3O7/c1-17-23(27(33)37-3)25(20-10-7-11-21(16-20)31(35)36)24(18(2)29-17)28(34)38-22-12-14-30(15-13-22)26(32)19-8-5-4-6-9-19/h4-11,16,22,25,29H,12-15H2,1-3H3. The number of rotatable bonds is 6. The molecule has 4 rings (SSSR count). The summed E-state index contributed by atoms with van der Waals surface area (Å²) in [6.07, 6.45) is 0.496. The molecule has 1 atom stereocenters. The second-order valence-corrected chi connectivity index (χ2v) is 9.24.